The summed E-state index contributed by atoms with van der Waals surface area (Å²) in [6, 6.07) is 6.03. The maximum atomic E-state index is 13.9. The highest BCUT2D eigenvalue weighted by Gasteiger charge is 2.55. The maximum absolute atomic E-state index is 13.9. The van der Waals surface area contributed by atoms with Crippen LogP contribution in [0.3, 0.4) is 0 Å². The molecule has 0 unspecified atom stereocenters. The zero-order valence-corrected chi connectivity index (χ0v) is 17.5. The molecule has 148 valence electrons. The highest BCUT2D eigenvalue weighted by Crippen LogP contribution is 2.61. The van der Waals surface area contributed by atoms with Crippen LogP contribution in [0.25, 0.3) is 21.3 Å². The molecular weight excluding hydrogens is 378 g/mol. The minimum Gasteiger partial charge on any atom is -0.397 e. The number of carbonyl (C=O) groups excluding carboxylic acids is 1. The predicted molar refractivity (Wildman–Crippen MR) is 117 cm³/mol. The van der Waals surface area contributed by atoms with E-state index in [4.69, 9.17) is 10.7 Å². The summed E-state index contributed by atoms with van der Waals surface area (Å²) in [5.41, 5.74) is 10.1. The molecule has 3 aromatic rings. The van der Waals surface area contributed by atoms with E-state index in [2.05, 4.69) is 11.1 Å². The van der Waals surface area contributed by atoms with Gasteiger partial charge in [0.25, 0.3) is 0 Å². The number of hydrogen-bond acceptors (Lipinski definition) is 5. The molecule has 5 heteroatoms. The Morgan fingerprint density at radius 3 is 2.48 bits per heavy atom. The second-order valence-corrected chi connectivity index (χ2v) is 10.6. The molecule has 0 amide bonds. The van der Waals surface area contributed by atoms with Crippen molar-refractivity contribution in [2.45, 2.75) is 45.4 Å². The highest BCUT2D eigenvalue weighted by atomic mass is 32.1. The van der Waals surface area contributed by atoms with E-state index < -0.39 is 0 Å². The van der Waals surface area contributed by atoms with Crippen LogP contribution in [-0.4, -0.2) is 15.8 Å². The summed E-state index contributed by atoms with van der Waals surface area (Å²) in [4.78, 5) is 24.5. The topological polar surface area (TPSA) is 68.9 Å². The number of hydrogen-bond donors (Lipinski definition) is 1. The lowest BCUT2D eigenvalue weighted by Gasteiger charge is -2.55. The highest BCUT2D eigenvalue weighted by molar-refractivity contribution is 7.21. The molecule has 0 aliphatic heterocycles. The van der Waals surface area contributed by atoms with E-state index >= 15 is 0 Å². The zero-order chi connectivity index (χ0) is 19.8. The molecule has 3 aromatic heterocycles. The molecule has 0 aromatic carbocycles. The third-order valence-electron chi connectivity index (χ3n) is 7.53. The Morgan fingerprint density at radius 2 is 1.86 bits per heavy atom. The van der Waals surface area contributed by atoms with Gasteiger partial charge >= 0.3 is 0 Å². The molecule has 0 saturated heterocycles. The molecule has 4 aliphatic carbocycles. The minimum absolute atomic E-state index is 0.173. The van der Waals surface area contributed by atoms with Gasteiger partial charge in [0.1, 0.15) is 4.83 Å². The molecule has 7 rings (SSSR count). The Kier molecular flexibility index (Phi) is 3.71. The SMILES string of the molecule is Cc1cc(-c2cccnc2)c2c(N)c(C(=O)C34CC5CC(CC(C5)C3)C4)sc2n1. The third-order valence-corrected chi connectivity index (χ3v) is 8.62. The van der Waals surface area contributed by atoms with Crippen LogP contribution in [0.2, 0.25) is 0 Å². The van der Waals surface area contributed by atoms with Crippen molar-refractivity contribution in [3.05, 3.63) is 41.2 Å². The van der Waals surface area contributed by atoms with Crippen LogP contribution in [0.5, 0.6) is 0 Å². The predicted octanol–water partition coefficient (Wildman–Crippen LogP) is 5.65. The van der Waals surface area contributed by atoms with Crippen molar-refractivity contribution in [3.8, 4) is 11.1 Å². The van der Waals surface area contributed by atoms with Gasteiger partial charge in [0.2, 0.25) is 0 Å². The average molecular weight is 404 g/mol. The van der Waals surface area contributed by atoms with Crippen LogP contribution in [0.15, 0.2) is 30.6 Å². The quantitative estimate of drug-likeness (QED) is 0.574. The van der Waals surface area contributed by atoms with Crippen LogP contribution in [0, 0.1) is 30.1 Å². The van der Waals surface area contributed by atoms with Crippen LogP contribution in [0.4, 0.5) is 5.69 Å². The van der Waals surface area contributed by atoms with Crippen molar-refractivity contribution in [1.29, 1.82) is 0 Å². The number of aryl methyl sites for hydroxylation is 1. The third kappa shape index (κ3) is 2.59. The molecule has 0 atom stereocenters. The average Bonchev–Trinajstić information content (AvgIpc) is 3.02. The van der Waals surface area contributed by atoms with E-state index in [-0.39, 0.29) is 5.41 Å². The number of anilines is 1. The summed E-state index contributed by atoms with van der Waals surface area (Å²) in [6.45, 7) is 2.00. The molecule has 4 saturated carbocycles. The van der Waals surface area contributed by atoms with Gasteiger partial charge in [-0.3, -0.25) is 9.78 Å². The molecule has 0 spiro atoms. The first-order valence-corrected chi connectivity index (χ1v) is 11.5. The molecule has 29 heavy (non-hydrogen) atoms. The van der Waals surface area contributed by atoms with Crippen molar-refractivity contribution in [1.82, 2.24) is 9.97 Å². The van der Waals surface area contributed by atoms with Crippen LogP contribution in [0.1, 0.15) is 53.9 Å². The number of pyridine rings is 2. The van der Waals surface area contributed by atoms with Crippen LogP contribution in [-0.2, 0) is 0 Å². The normalized spacial score (nSPS) is 30.2. The van der Waals surface area contributed by atoms with Gasteiger partial charge in [-0.25, -0.2) is 4.98 Å². The van der Waals surface area contributed by atoms with E-state index in [9.17, 15) is 4.79 Å². The first kappa shape index (κ1) is 17.6. The number of carbonyl (C=O) groups is 1. The Bertz CT molecular complexity index is 1100. The Labute approximate surface area is 174 Å². The molecule has 4 nitrogen and oxygen atoms in total. The fourth-order valence-electron chi connectivity index (χ4n) is 6.79. The Balaban J connectivity index is 1.49. The second kappa shape index (κ2) is 6.11. The number of nitrogen functional groups attached to an aromatic ring is 1. The summed E-state index contributed by atoms with van der Waals surface area (Å²) >= 11 is 1.50. The fraction of sp³-hybridized carbons (Fsp3) is 0.458. The van der Waals surface area contributed by atoms with Gasteiger partial charge in [0.15, 0.2) is 5.78 Å². The first-order valence-electron chi connectivity index (χ1n) is 10.7. The van der Waals surface area contributed by atoms with Gasteiger partial charge in [0, 0.05) is 34.5 Å². The molecule has 4 fully saturated rings. The van der Waals surface area contributed by atoms with E-state index in [1.54, 1.807) is 6.20 Å². The number of ketones is 1. The lowest BCUT2D eigenvalue weighted by molar-refractivity contribution is -0.0350. The largest absolute Gasteiger partial charge is 0.397 e. The Hall–Kier alpha value is -2.27. The summed E-state index contributed by atoms with van der Waals surface area (Å²) < 4.78 is 0. The maximum Gasteiger partial charge on any atom is 0.181 e. The van der Waals surface area contributed by atoms with Crippen LogP contribution < -0.4 is 5.73 Å². The summed E-state index contributed by atoms with van der Waals surface area (Å²) in [5, 5.41) is 0.918. The first-order chi connectivity index (χ1) is 14.0. The molecule has 4 bridgehead atoms. The number of nitrogens with two attached hydrogens (primary N) is 1. The van der Waals surface area contributed by atoms with Gasteiger partial charge in [-0.1, -0.05) is 6.07 Å². The molecular formula is C24H25N3OS. The summed E-state index contributed by atoms with van der Waals surface area (Å²) in [6.07, 6.45) is 10.8. The lowest BCUT2D eigenvalue weighted by Crippen LogP contribution is -2.49. The summed E-state index contributed by atoms with van der Waals surface area (Å²) in [7, 11) is 0. The molecule has 2 N–H and O–H groups in total. The van der Waals surface area contributed by atoms with E-state index in [1.807, 2.05) is 25.3 Å². The number of rotatable bonds is 3. The monoisotopic (exact) mass is 403 g/mol. The van der Waals surface area contributed by atoms with E-state index in [0.717, 1.165) is 68.9 Å². The number of fused-ring (bicyclic) bond motifs is 1. The number of aromatic nitrogens is 2. The van der Waals surface area contributed by atoms with Crippen molar-refractivity contribution in [2.75, 3.05) is 5.73 Å². The van der Waals surface area contributed by atoms with Crippen molar-refractivity contribution < 1.29 is 4.79 Å². The van der Waals surface area contributed by atoms with E-state index in [0.29, 0.717) is 11.5 Å². The van der Waals surface area contributed by atoms with Gasteiger partial charge in [0.05, 0.1) is 10.6 Å². The fourth-order valence-corrected chi connectivity index (χ4v) is 8.02. The molecule has 0 radical (unpaired) electrons. The van der Waals surface area contributed by atoms with Crippen LogP contribution >= 0.6 is 11.3 Å². The molecule has 4 aliphatic rings. The van der Waals surface area contributed by atoms with Gasteiger partial charge < -0.3 is 5.73 Å². The second-order valence-electron chi connectivity index (χ2n) is 9.60. The number of thiophene rings is 1. The van der Waals surface area contributed by atoms with Gasteiger partial charge in [-0.05, 0) is 80.9 Å². The number of nitrogens with zero attached hydrogens (tertiary/aromatic N) is 2. The number of Topliss-reactive ketones (excluding diaryl/α,β-unsaturated/α-hetero) is 1. The van der Waals surface area contributed by atoms with E-state index in [1.165, 1.54) is 30.6 Å². The summed E-state index contributed by atoms with van der Waals surface area (Å²) in [5.74, 6) is 2.53. The lowest BCUT2D eigenvalue weighted by atomic mass is 9.48. The van der Waals surface area contributed by atoms with Gasteiger partial charge in [-0.15, -0.1) is 11.3 Å². The minimum atomic E-state index is -0.173. The zero-order valence-electron chi connectivity index (χ0n) is 16.6. The van der Waals surface area contributed by atoms with Crippen molar-refractivity contribution in [2.24, 2.45) is 23.2 Å². The smallest absolute Gasteiger partial charge is 0.181 e. The standard InChI is InChI=1S/C24H25N3OS/c1-13-5-18(17-3-2-4-26-12-17)19-20(25)21(29-23(19)27-13)22(28)24-9-14-6-15(10-24)8-16(7-14)11-24/h2-5,12,14-16H,6-11,25H2,1H3. The van der Waals surface area contributed by atoms with Crippen molar-refractivity contribution >= 4 is 33.0 Å². The molecule has 3 heterocycles. The van der Waals surface area contributed by atoms with Gasteiger partial charge in [-0.2, -0.15) is 0 Å². The van der Waals surface area contributed by atoms with Crippen molar-refractivity contribution in [3.63, 3.8) is 0 Å². The Morgan fingerprint density at radius 1 is 1.17 bits per heavy atom.